The number of benzene rings is 1. The number of tetrazole rings is 1. The van der Waals surface area contributed by atoms with Gasteiger partial charge in [0.05, 0.1) is 0 Å². The van der Waals surface area contributed by atoms with Crippen molar-refractivity contribution in [2.45, 2.75) is 13.5 Å². The lowest BCUT2D eigenvalue weighted by molar-refractivity contribution is 0.603. The SMILES string of the molecule is Cc1nnnn1-c1cc(CN)ccc1F. The van der Waals surface area contributed by atoms with Crippen molar-refractivity contribution in [2.75, 3.05) is 0 Å². The molecule has 0 aliphatic heterocycles. The lowest BCUT2D eigenvalue weighted by Gasteiger charge is -2.05. The second kappa shape index (κ2) is 3.74. The lowest BCUT2D eigenvalue weighted by Crippen LogP contribution is -2.05. The van der Waals surface area contributed by atoms with Gasteiger partial charge in [0.15, 0.2) is 5.82 Å². The van der Waals surface area contributed by atoms with E-state index in [-0.39, 0.29) is 5.82 Å². The molecule has 78 valence electrons. The van der Waals surface area contributed by atoms with Crippen molar-refractivity contribution in [1.82, 2.24) is 20.2 Å². The van der Waals surface area contributed by atoms with Crippen molar-refractivity contribution < 1.29 is 4.39 Å². The van der Waals surface area contributed by atoms with E-state index < -0.39 is 0 Å². The molecule has 2 aromatic rings. The summed E-state index contributed by atoms with van der Waals surface area (Å²) in [6.45, 7) is 2.06. The monoisotopic (exact) mass is 207 g/mol. The fourth-order valence-corrected chi connectivity index (χ4v) is 1.30. The van der Waals surface area contributed by atoms with Crippen LogP contribution in [0, 0.1) is 12.7 Å². The third-order valence-electron chi connectivity index (χ3n) is 2.10. The van der Waals surface area contributed by atoms with E-state index in [2.05, 4.69) is 15.5 Å². The van der Waals surface area contributed by atoms with Gasteiger partial charge < -0.3 is 5.73 Å². The van der Waals surface area contributed by atoms with E-state index in [1.165, 1.54) is 10.7 Å². The molecule has 0 spiro atoms. The van der Waals surface area contributed by atoms with E-state index >= 15 is 0 Å². The van der Waals surface area contributed by atoms with Gasteiger partial charge in [-0.25, -0.2) is 4.39 Å². The average Bonchev–Trinajstić information content (AvgIpc) is 2.65. The molecule has 0 amide bonds. The van der Waals surface area contributed by atoms with Crippen molar-refractivity contribution >= 4 is 0 Å². The topological polar surface area (TPSA) is 69.6 Å². The number of nitrogens with zero attached hydrogens (tertiary/aromatic N) is 4. The first kappa shape index (κ1) is 9.72. The third-order valence-corrected chi connectivity index (χ3v) is 2.10. The number of nitrogens with two attached hydrogens (primary N) is 1. The molecule has 2 N–H and O–H groups in total. The predicted molar refractivity (Wildman–Crippen MR) is 51.7 cm³/mol. The van der Waals surface area contributed by atoms with E-state index in [9.17, 15) is 4.39 Å². The standard InChI is InChI=1S/C9H10FN5/c1-6-12-13-14-15(6)9-4-7(5-11)2-3-8(9)10/h2-4H,5,11H2,1H3. The van der Waals surface area contributed by atoms with E-state index in [0.29, 0.717) is 18.1 Å². The molecule has 0 atom stereocenters. The minimum Gasteiger partial charge on any atom is -0.326 e. The molecule has 0 radical (unpaired) electrons. The number of aromatic nitrogens is 4. The van der Waals surface area contributed by atoms with Crippen LogP contribution in [0.5, 0.6) is 0 Å². The van der Waals surface area contributed by atoms with Crippen LogP contribution in [0.15, 0.2) is 18.2 Å². The van der Waals surface area contributed by atoms with Gasteiger partial charge in [-0.3, -0.25) is 0 Å². The minimum absolute atomic E-state index is 0.320. The first-order chi connectivity index (χ1) is 7.22. The van der Waals surface area contributed by atoms with Crippen molar-refractivity contribution in [3.05, 3.63) is 35.4 Å². The van der Waals surface area contributed by atoms with Gasteiger partial charge in [-0.15, -0.1) is 5.10 Å². The van der Waals surface area contributed by atoms with E-state index in [0.717, 1.165) is 5.56 Å². The largest absolute Gasteiger partial charge is 0.326 e. The fourth-order valence-electron chi connectivity index (χ4n) is 1.30. The van der Waals surface area contributed by atoms with Crippen molar-refractivity contribution in [1.29, 1.82) is 0 Å². The Balaban J connectivity index is 2.56. The highest BCUT2D eigenvalue weighted by Gasteiger charge is 2.09. The summed E-state index contributed by atoms with van der Waals surface area (Å²) in [6.07, 6.45) is 0. The van der Waals surface area contributed by atoms with Gasteiger partial charge in [-0.2, -0.15) is 4.68 Å². The summed E-state index contributed by atoms with van der Waals surface area (Å²) in [4.78, 5) is 0. The fraction of sp³-hybridized carbons (Fsp3) is 0.222. The highest BCUT2D eigenvalue weighted by molar-refractivity contribution is 5.37. The molecule has 15 heavy (non-hydrogen) atoms. The van der Waals surface area contributed by atoms with Crippen LogP contribution < -0.4 is 5.73 Å². The minimum atomic E-state index is -0.373. The summed E-state index contributed by atoms with van der Waals surface area (Å²) < 4.78 is 14.8. The molecule has 6 heteroatoms. The maximum atomic E-state index is 13.5. The van der Waals surface area contributed by atoms with Crippen molar-refractivity contribution in [3.63, 3.8) is 0 Å². The molecule has 0 aliphatic rings. The van der Waals surface area contributed by atoms with Gasteiger partial charge in [0.1, 0.15) is 11.5 Å². The maximum Gasteiger partial charge on any atom is 0.153 e. The second-order valence-corrected chi connectivity index (χ2v) is 3.13. The summed E-state index contributed by atoms with van der Waals surface area (Å²) in [5.74, 6) is 0.158. The summed E-state index contributed by atoms with van der Waals surface area (Å²) in [6, 6.07) is 4.63. The molecular weight excluding hydrogens is 197 g/mol. The molecule has 1 aromatic heterocycles. The smallest absolute Gasteiger partial charge is 0.153 e. The van der Waals surface area contributed by atoms with Gasteiger partial charge in [0, 0.05) is 6.54 Å². The molecule has 0 bridgehead atoms. The third kappa shape index (κ3) is 1.71. The summed E-state index contributed by atoms with van der Waals surface area (Å²) >= 11 is 0. The summed E-state index contributed by atoms with van der Waals surface area (Å²) in [5.41, 5.74) is 6.63. The summed E-state index contributed by atoms with van der Waals surface area (Å²) in [7, 11) is 0. The Morgan fingerprint density at radius 2 is 2.27 bits per heavy atom. The highest BCUT2D eigenvalue weighted by Crippen LogP contribution is 2.14. The molecular formula is C9H10FN5. The van der Waals surface area contributed by atoms with Crippen LogP contribution in [-0.2, 0) is 6.54 Å². The first-order valence-electron chi connectivity index (χ1n) is 4.46. The number of aryl methyl sites for hydroxylation is 1. The van der Waals surface area contributed by atoms with Gasteiger partial charge in [-0.05, 0) is 35.0 Å². The summed E-state index contributed by atoms with van der Waals surface area (Å²) in [5, 5.41) is 10.9. The first-order valence-corrected chi connectivity index (χ1v) is 4.46. The van der Waals surface area contributed by atoms with E-state index in [1.54, 1.807) is 19.1 Å². The molecule has 0 unspecified atom stereocenters. The van der Waals surface area contributed by atoms with Crippen molar-refractivity contribution in [2.24, 2.45) is 5.73 Å². The van der Waals surface area contributed by atoms with Crippen molar-refractivity contribution in [3.8, 4) is 5.69 Å². The van der Waals surface area contributed by atoms with Crippen LogP contribution in [0.1, 0.15) is 11.4 Å². The Morgan fingerprint density at radius 3 is 2.87 bits per heavy atom. The highest BCUT2D eigenvalue weighted by atomic mass is 19.1. The maximum absolute atomic E-state index is 13.5. The van der Waals surface area contributed by atoms with Crippen LogP contribution in [0.4, 0.5) is 4.39 Å². The normalized spacial score (nSPS) is 10.6. The van der Waals surface area contributed by atoms with Crippen LogP contribution in [0.3, 0.4) is 0 Å². The van der Waals surface area contributed by atoms with Gasteiger partial charge in [0.2, 0.25) is 0 Å². The molecule has 1 heterocycles. The zero-order valence-corrected chi connectivity index (χ0v) is 8.18. The van der Waals surface area contributed by atoms with E-state index in [1.807, 2.05) is 0 Å². The van der Waals surface area contributed by atoms with Crippen LogP contribution in [0.25, 0.3) is 5.69 Å². The Kier molecular flexibility index (Phi) is 2.42. The average molecular weight is 207 g/mol. The molecule has 1 aromatic carbocycles. The van der Waals surface area contributed by atoms with Gasteiger partial charge in [-0.1, -0.05) is 6.07 Å². The Labute approximate surface area is 85.7 Å². The molecule has 0 saturated carbocycles. The lowest BCUT2D eigenvalue weighted by atomic mass is 10.2. The molecule has 0 aliphatic carbocycles. The number of rotatable bonds is 2. The van der Waals surface area contributed by atoms with E-state index in [4.69, 9.17) is 5.73 Å². The second-order valence-electron chi connectivity index (χ2n) is 3.13. The van der Waals surface area contributed by atoms with Crippen LogP contribution in [-0.4, -0.2) is 20.2 Å². The molecule has 2 rings (SSSR count). The van der Waals surface area contributed by atoms with Crippen LogP contribution >= 0.6 is 0 Å². The van der Waals surface area contributed by atoms with Gasteiger partial charge >= 0.3 is 0 Å². The predicted octanol–water partition coefficient (Wildman–Crippen LogP) is 0.569. The van der Waals surface area contributed by atoms with Crippen LogP contribution in [0.2, 0.25) is 0 Å². The number of hydrogen-bond acceptors (Lipinski definition) is 4. The number of halogens is 1. The Morgan fingerprint density at radius 1 is 1.47 bits per heavy atom. The number of hydrogen-bond donors (Lipinski definition) is 1. The molecule has 0 saturated heterocycles. The molecule has 5 nitrogen and oxygen atoms in total. The van der Waals surface area contributed by atoms with Gasteiger partial charge in [0.25, 0.3) is 0 Å². The zero-order chi connectivity index (χ0) is 10.8. The Hall–Kier alpha value is -1.82. The quantitative estimate of drug-likeness (QED) is 0.781. The Bertz CT molecular complexity index is 479. The zero-order valence-electron chi connectivity index (χ0n) is 8.18. The molecule has 0 fully saturated rings.